The average molecular weight is 175 g/mol. The molecular weight excluding hydrogens is 163 g/mol. The van der Waals surface area contributed by atoms with Crippen molar-refractivity contribution in [2.24, 2.45) is 0 Å². The van der Waals surface area contributed by atoms with Gasteiger partial charge in [-0.3, -0.25) is 0 Å². The summed E-state index contributed by atoms with van der Waals surface area (Å²) in [4.78, 5) is 0. The summed E-state index contributed by atoms with van der Waals surface area (Å²) >= 11 is 0. The second-order valence-electron chi connectivity index (χ2n) is 1.93. The van der Waals surface area contributed by atoms with Crippen LogP contribution in [0.25, 0.3) is 0 Å². The van der Waals surface area contributed by atoms with Crippen molar-refractivity contribution in [3.63, 3.8) is 0 Å². The predicted octanol–water partition coefficient (Wildman–Crippen LogP) is 3.53. The summed E-state index contributed by atoms with van der Waals surface area (Å²) in [6.07, 6.45) is 4.24. The lowest BCUT2D eigenvalue weighted by atomic mass is 10.4. The van der Waals surface area contributed by atoms with E-state index < -0.39 is 8.46 Å². The lowest BCUT2D eigenvalue weighted by Gasteiger charge is -2.16. The molecule has 0 N–H and O–H groups in total. The van der Waals surface area contributed by atoms with Crippen molar-refractivity contribution in [2.75, 3.05) is 12.0 Å². The number of hydrogen-bond donors (Lipinski definition) is 0. The molecule has 0 heterocycles. The summed E-state index contributed by atoms with van der Waals surface area (Å²) in [5.41, 5.74) is 0. The first-order valence-corrected chi connectivity index (χ1v) is 6.58. The molecule has 0 aromatic carbocycles. The highest BCUT2D eigenvalue weighted by Crippen LogP contribution is 2.54. The van der Waals surface area contributed by atoms with Crippen LogP contribution in [0.15, 0.2) is 0 Å². The molecule has 0 spiro atoms. The largest absolute Gasteiger partial charge is 0.0873 e. The van der Waals surface area contributed by atoms with E-state index in [2.05, 4.69) is 6.92 Å². The second kappa shape index (κ2) is 3.86. The van der Waals surface area contributed by atoms with Crippen molar-refractivity contribution in [1.82, 2.24) is 0 Å². The fourth-order valence-corrected chi connectivity index (χ4v) is 1.85. The first-order valence-electron chi connectivity index (χ1n) is 2.71. The highest BCUT2D eigenvalue weighted by atomic mass is 36.0. The molecule has 0 aromatic heterocycles. The summed E-state index contributed by atoms with van der Waals surface area (Å²) in [5.74, 6) is 0.979. The molecule has 0 bridgehead atoms. The van der Waals surface area contributed by atoms with Crippen molar-refractivity contribution in [3.8, 4) is 0 Å². The minimum atomic E-state index is -1.24. The summed E-state index contributed by atoms with van der Waals surface area (Å²) in [6.45, 7) is 2.14. The van der Waals surface area contributed by atoms with E-state index in [1.54, 1.807) is 0 Å². The third-order valence-electron chi connectivity index (χ3n) is 0.856. The fourth-order valence-electron chi connectivity index (χ4n) is 0.398. The SMILES string of the molecule is CCCCS(C)(Cl)Cl. The lowest BCUT2D eigenvalue weighted by Crippen LogP contribution is -1.85. The van der Waals surface area contributed by atoms with Crippen LogP contribution in [-0.2, 0) is 0 Å². The molecule has 0 atom stereocenters. The minimum Gasteiger partial charge on any atom is -0.0873 e. The van der Waals surface area contributed by atoms with Crippen LogP contribution >= 0.6 is 29.8 Å². The Kier molecular flexibility index (Phi) is 4.31. The highest BCUT2D eigenvalue weighted by molar-refractivity contribution is 8.65. The Morgan fingerprint density at radius 1 is 1.38 bits per heavy atom. The molecule has 0 nitrogen and oxygen atoms in total. The Morgan fingerprint density at radius 3 is 2.00 bits per heavy atom. The van der Waals surface area contributed by atoms with Gasteiger partial charge in [-0.25, -0.2) is 0 Å². The van der Waals surface area contributed by atoms with Gasteiger partial charge in [0.15, 0.2) is 0 Å². The molecule has 0 aliphatic carbocycles. The van der Waals surface area contributed by atoms with Crippen LogP contribution in [0, 0.1) is 0 Å². The van der Waals surface area contributed by atoms with E-state index in [-0.39, 0.29) is 0 Å². The van der Waals surface area contributed by atoms with Crippen molar-refractivity contribution in [2.45, 2.75) is 19.8 Å². The molecule has 0 aliphatic rings. The normalized spacial score (nSPS) is 14.0. The summed E-state index contributed by atoms with van der Waals surface area (Å²) < 4.78 is 0. The quantitative estimate of drug-likeness (QED) is 0.615. The molecule has 0 aromatic rings. The van der Waals surface area contributed by atoms with Gasteiger partial charge in [-0.15, -0.1) is 0 Å². The molecule has 3 heteroatoms. The topological polar surface area (TPSA) is 0 Å². The molecule has 0 aliphatic heterocycles. The van der Waals surface area contributed by atoms with Crippen LogP contribution in [0.2, 0.25) is 0 Å². The standard InChI is InChI=1S/C5H12Cl2S/c1-3-4-5-8(2,6)7/h3-5H2,1-2H3. The van der Waals surface area contributed by atoms with E-state index >= 15 is 0 Å². The maximum Gasteiger partial charge on any atom is 0.00274 e. The molecule has 0 rings (SSSR count). The highest BCUT2D eigenvalue weighted by Gasteiger charge is 2.06. The summed E-state index contributed by atoms with van der Waals surface area (Å²) in [6, 6.07) is 0. The Balaban J connectivity index is 3.11. The van der Waals surface area contributed by atoms with E-state index in [0.29, 0.717) is 0 Å². The molecule has 0 saturated heterocycles. The molecule has 0 unspecified atom stereocenters. The summed E-state index contributed by atoms with van der Waals surface area (Å²) in [5, 5.41) is 0. The Hall–Kier alpha value is 0.930. The molecule has 0 saturated carbocycles. The van der Waals surface area contributed by atoms with Crippen LogP contribution in [-0.4, -0.2) is 12.0 Å². The molecule has 0 amide bonds. The zero-order chi connectivity index (χ0) is 6.62. The van der Waals surface area contributed by atoms with Gasteiger partial charge in [-0.1, -0.05) is 43.2 Å². The first kappa shape index (κ1) is 8.93. The molecule has 52 valence electrons. The van der Waals surface area contributed by atoms with Crippen LogP contribution in [0.5, 0.6) is 0 Å². The summed E-state index contributed by atoms with van der Waals surface area (Å²) in [7, 11) is 10.3. The van der Waals surface area contributed by atoms with Crippen molar-refractivity contribution < 1.29 is 0 Å². The van der Waals surface area contributed by atoms with Gasteiger partial charge in [0, 0.05) is 5.75 Å². The Morgan fingerprint density at radius 2 is 1.88 bits per heavy atom. The van der Waals surface area contributed by atoms with Crippen LogP contribution < -0.4 is 0 Å². The maximum absolute atomic E-state index is 5.76. The maximum atomic E-state index is 5.76. The van der Waals surface area contributed by atoms with Crippen LogP contribution in [0.4, 0.5) is 0 Å². The number of hydrogen-bond acceptors (Lipinski definition) is 0. The van der Waals surface area contributed by atoms with E-state index in [4.69, 9.17) is 21.4 Å². The van der Waals surface area contributed by atoms with Crippen LogP contribution in [0.1, 0.15) is 19.8 Å². The Labute approximate surface area is 61.9 Å². The lowest BCUT2D eigenvalue weighted by molar-refractivity contribution is 0.896. The van der Waals surface area contributed by atoms with E-state index in [9.17, 15) is 0 Å². The van der Waals surface area contributed by atoms with Gasteiger partial charge in [0.05, 0.1) is 0 Å². The molecular formula is C5H12Cl2S. The van der Waals surface area contributed by atoms with Crippen LogP contribution in [0.3, 0.4) is 0 Å². The zero-order valence-electron chi connectivity index (χ0n) is 5.29. The first-order chi connectivity index (χ1) is 3.56. The van der Waals surface area contributed by atoms with Gasteiger partial charge in [-0.05, 0) is 12.7 Å². The fraction of sp³-hybridized carbons (Fsp3) is 1.00. The van der Waals surface area contributed by atoms with Crippen molar-refractivity contribution in [3.05, 3.63) is 0 Å². The zero-order valence-corrected chi connectivity index (χ0v) is 7.61. The van der Waals surface area contributed by atoms with Gasteiger partial charge in [0.2, 0.25) is 0 Å². The smallest absolute Gasteiger partial charge is 0.00274 e. The number of rotatable bonds is 3. The van der Waals surface area contributed by atoms with Gasteiger partial charge >= 0.3 is 0 Å². The van der Waals surface area contributed by atoms with Gasteiger partial charge < -0.3 is 0 Å². The monoisotopic (exact) mass is 174 g/mol. The molecule has 0 fully saturated rings. The minimum absolute atomic E-state index is 0.979. The van der Waals surface area contributed by atoms with Gasteiger partial charge in [0.25, 0.3) is 0 Å². The number of halogens is 2. The average Bonchev–Trinajstić information content (AvgIpc) is 1.59. The second-order valence-corrected chi connectivity index (χ2v) is 8.65. The predicted molar refractivity (Wildman–Crippen MR) is 45.0 cm³/mol. The third-order valence-corrected chi connectivity index (χ3v) is 2.79. The van der Waals surface area contributed by atoms with Crippen molar-refractivity contribution in [1.29, 1.82) is 0 Å². The Bertz CT molecular complexity index is 57.9. The molecule has 0 radical (unpaired) electrons. The van der Waals surface area contributed by atoms with E-state index in [0.717, 1.165) is 12.2 Å². The number of unbranched alkanes of at least 4 members (excludes halogenated alkanes) is 1. The third kappa shape index (κ3) is 6.93. The van der Waals surface area contributed by atoms with E-state index in [1.807, 2.05) is 6.26 Å². The molecule has 8 heavy (non-hydrogen) atoms. The van der Waals surface area contributed by atoms with Gasteiger partial charge in [0.1, 0.15) is 0 Å². The van der Waals surface area contributed by atoms with Gasteiger partial charge in [-0.2, -0.15) is 0 Å². The van der Waals surface area contributed by atoms with E-state index in [1.165, 1.54) is 6.42 Å². The van der Waals surface area contributed by atoms with Crippen molar-refractivity contribution >= 4 is 29.8 Å².